The number of rotatable bonds is 11. The first-order valence-electron chi connectivity index (χ1n) is 13.9. The Labute approximate surface area is 254 Å². The molecule has 2 heterocycles. The van der Waals surface area contributed by atoms with Crippen LogP contribution in [0, 0.1) is 0 Å². The van der Waals surface area contributed by atoms with Crippen molar-refractivity contribution in [3.8, 4) is 5.75 Å². The van der Waals surface area contributed by atoms with E-state index in [-0.39, 0.29) is 30.7 Å². The first-order chi connectivity index (χ1) is 20.4. The molecule has 0 aliphatic carbocycles. The van der Waals surface area contributed by atoms with Crippen LogP contribution in [-0.2, 0) is 27.3 Å². The Morgan fingerprint density at radius 3 is 2.55 bits per heavy atom. The quantitative estimate of drug-likeness (QED) is 0.186. The number of carbonyl (C=O) groups excluding carboxylic acids is 3. The second-order valence-corrected chi connectivity index (χ2v) is 11.8. The Balaban J connectivity index is 1.53. The monoisotopic (exact) mass is 604 g/mol. The van der Waals surface area contributed by atoms with Crippen molar-refractivity contribution in [2.24, 2.45) is 0 Å². The van der Waals surface area contributed by atoms with Crippen molar-refractivity contribution < 1.29 is 23.9 Å². The summed E-state index contributed by atoms with van der Waals surface area (Å²) in [5.41, 5.74) is 1.18. The molecule has 1 saturated heterocycles. The summed E-state index contributed by atoms with van der Waals surface area (Å²) in [5, 5.41) is 3.33. The van der Waals surface area contributed by atoms with Gasteiger partial charge < -0.3 is 19.3 Å². The summed E-state index contributed by atoms with van der Waals surface area (Å²) in [6.07, 6.45) is 1.40. The van der Waals surface area contributed by atoms with Crippen LogP contribution in [0.1, 0.15) is 40.7 Å². The number of carbonyl (C=O) groups is 3. The van der Waals surface area contributed by atoms with Gasteiger partial charge in [0.1, 0.15) is 11.3 Å². The molecule has 9 heteroatoms. The highest BCUT2D eigenvalue weighted by Crippen LogP contribution is 2.41. The predicted octanol–water partition coefficient (Wildman–Crippen LogP) is 6.37. The SMILES string of the molecule is COC(=O)CCCN(Cc1cccc(Cl)c1)C(=O)C1(Cc2ccccc2OC)CCN1C(=O)c1csc2ccccc12. The molecule has 5 rings (SSSR count). The summed E-state index contributed by atoms with van der Waals surface area (Å²) in [6.45, 7) is 1.06. The summed E-state index contributed by atoms with van der Waals surface area (Å²) >= 11 is 7.80. The van der Waals surface area contributed by atoms with E-state index in [0.29, 0.717) is 48.7 Å². The van der Waals surface area contributed by atoms with Crippen molar-refractivity contribution in [2.75, 3.05) is 27.3 Å². The topological polar surface area (TPSA) is 76.2 Å². The third-order valence-electron chi connectivity index (χ3n) is 7.88. The molecule has 218 valence electrons. The van der Waals surface area contributed by atoms with E-state index in [4.69, 9.17) is 21.1 Å². The number of hydrogen-bond acceptors (Lipinski definition) is 6. The van der Waals surface area contributed by atoms with Crippen LogP contribution in [-0.4, -0.2) is 60.4 Å². The smallest absolute Gasteiger partial charge is 0.305 e. The second kappa shape index (κ2) is 13.0. The second-order valence-electron chi connectivity index (χ2n) is 10.4. The minimum absolute atomic E-state index is 0.167. The van der Waals surface area contributed by atoms with Gasteiger partial charge in [0, 0.05) is 53.0 Å². The van der Waals surface area contributed by atoms with Gasteiger partial charge in [-0.15, -0.1) is 11.3 Å². The largest absolute Gasteiger partial charge is 0.496 e. The zero-order chi connectivity index (χ0) is 29.7. The highest BCUT2D eigenvalue weighted by Gasteiger charge is 2.55. The molecule has 1 unspecified atom stereocenters. The van der Waals surface area contributed by atoms with E-state index in [9.17, 15) is 14.4 Å². The van der Waals surface area contributed by atoms with E-state index in [1.54, 1.807) is 23.0 Å². The fourth-order valence-electron chi connectivity index (χ4n) is 5.64. The first-order valence-corrected chi connectivity index (χ1v) is 15.1. The van der Waals surface area contributed by atoms with Crippen LogP contribution < -0.4 is 4.74 Å². The van der Waals surface area contributed by atoms with Gasteiger partial charge in [0.15, 0.2) is 0 Å². The van der Waals surface area contributed by atoms with Crippen molar-refractivity contribution in [3.63, 3.8) is 0 Å². The third-order valence-corrected chi connectivity index (χ3v) is 9.08. The number of nitrogens with zero attached hydrogens (tertiary/aromatic N) is 2. The van der Waals surface area contributed by atoms with Crippen LogP contribution in [0.15, 0.2) is 78.2 Å². The predicted molar refractivity (Wildman–Crippen MR) is 165 cm³/mol. The molecule has 2 amide bonds. The van der Waals surface area contributed by atoms with Crippen molar-refractivity contribution in [1.82, 2.24) is 9.80 Å². The van der Waals surface area contributed by atoms with E-state index in [0.717, 1.165) is 21.2 Å². The summed E-state index contributed by atoms with van der Waals surface area (Å²) in [4.78, 5) is 44.3. The number of esters is 1. The Bertz CT molecular complexity index is 1600. The summed E-state index contributed by atoms with van der Waals surface area (Å²) < 4.78 is 11.5. The van der Waals surface area contributed by atoms with Crippen LogP contribution in [0.2, 0.25) is 5.02 Å². The number of thiophene rings is 1. The third kappa shape index (κ3) is 6.01. The van der Waals surface area contributed by atoms with Crippen LogP contribution >= 0.6 is 22.9 Å². The van der Waals surface area contributed by atoms with E-state index in [2.05, 4.69) is 0 Å². The standard InChI is InChI=1S/C33H33ClN2O5S/c1-40-28-13-5-3-10-24(28)20-33(16-18-36(33)31(38)27-22-42-29-14-6-4-12-26(27)29)32(39)35(17-8-15-30(37)41-2)21-23-9-7-11-25(34)19-23/h3-7,9-14,19,22H,8,15-18,20-21H2,1-2H3. The molecule has 7 nitrogen and oxygen atoms in total. The fraction of sp³-hybridized carbons (Fsp3) is 0.303. The van der Waals surface area contributed by atoms with Gasteiger partial charge in [-0.05, 0) is 48.2 Å². The van der Waals surface area contributed by atoms with Gasteiger partial charge in [0.25, 0.3) is 5.91 Å². The zero-order valence-corrected chi connectivity index (χ0v) is 25.2. The lowest BCUT2D eigenvalue weighted by Gasteiger charge is -2.53. The number of benzene rings is 3. The lowest BCUT2D eigenvalue weighted by Crippen LogP contribution is -2.70. The molecule has 1 fully saturated rings. The lowest BCUT2D eigenvalue weighted by molar-refractivity contribution is -0.152. The maximum atomic E-state index is 14.8. The highest BCUT2D eigenvalue weighted by atomic mass is 35.5. The van der Waals surface area contributed by atoms with Crippen LogP contribution in [0.5, 0.6) is 5.75 Å². The maximum Gasteiger partial charge on any atom is 0.305 e. The van der Waals surface area contributed by atoms with E-state index in [1.165, 1.54) is 18.4 Å². The average molecular weight is 605 g/mol. The van der Waals surface area contributed by atoms with E-state index < -0.39 is 5.54 Å². The van der Waals surface area contributed by atoms with Gasteiger partial charge >= 0.3 is 5.97 Å². The number of methoxy groups -OCH3 is 2. The number of ether oxygens (including phenoxy) is 2. The lowest BCUT2D eigenvalue weighted by atomic mass is 9.76. The van der Waals surface area contributed by atoms with Crippen LogP contribution in [0.25, 0.3) is 10.1 Å². The normalized spacial score (nSPS) is 16.1. The average Bonchev–Trinajstić information content (AvgIpc) is 3.43. The molecule has 1 atom stereocenters. The Hall–Kier alpha value is -3.88. The zero-order valence-electron chi connectivity index (χ0n) is 23.7. The van der Waals surface area contributed by atoms with Gasteiger partial charge in [0.05, 0.1) is 19.8 Å². The summed E-state index contributed by atoms with van der Waals surface area (Å²) in [6, 6.07) is 22.8. The molecule has 0 radical (unpaired) electrons. The molecule has 1 aromatic heterocycles. The molecule has 0 spiro atoms. The number of amides is 2. The van der Waals surface area contributed by atoms with Gasteiger partial charge in [0.2, 0.25) is 5.91 Å². The number of likely N-dealkylation sites (tertiary alicyclic amines) is 1. The fourth-order valence-corrected chi connectivity index (χ4v) is 6.79. The van der Waals surface area contributed by atoms with Crippen molar-refractivity contribution >= 4 is 50.8 Å². The molecular weight excluding hydrogens is 572 g/mol. The molecule has 1 aliphatic rings. The maximum absolute atomic E-state index is 14.8. The molecular formula is C33H33ClN2O5S. The van der Waals surface area contributed by atoms with Gasteiger partial charge in [-0.2, -0.15) is 0 Å². The van der Waals surface area contributed by atoms with Gasteiger partial charge in [-0.1, -0.05) is 60.1 Å². The summed E-state index contributed by atoms with van der Waals surface area (Å²) in [5.74, 6) is -0.00712. The van der Waals surface area contributed by atoms with Gasteiger partial charge in [-0.25, -0.2) is 0 Å². The minimum Gasteiger partial charge on any atom is -0.496 e. The Morgan fingerprint density at radius 2 is 1.81 bits per heavy atom. The van der Waals surface area contributed by atoms with E-state index in [1.807, 2.05) is 72.1 Å². The number of fused-ring (bicyclic) bond motifs is 1. The highest BCUT2D eigenvalue weighted by molar-refractivity contribution is 7.17. The van der Waals surface area contributed by atoms with Crippen molar-refractivity contribution in [1.29, 1.82) is 0 Å². The minimum atomic E-state index is -1.13. The van der Waals surface area contributed by atoms with Gasteiger partial charge in [-0.3, -0.25) is 14.4 Å². The molecule has 0 saturated carbocycles. The Kier molecular flexibility index (Phi) is 9.14. The molecule has 0 N–H and O–H groups in total. The van der Waals surface area contributed by atoms with Crippen LogP contribution in [0.3, 0.4) is 0 Å². The number of hydrogen-bond donors (Lipinski definition) is 0. The molecule has 1 aliphatic heterocycles. The first kappa shape index (κ1) is 29.6. The summed E-state index contributed by atoms with van der Waals surface area (Å²) in [7, 11) is 2.96. The van der Waals surface area contributed by atoms with E-state index >= 15 is 0 Å². The molecule has 0 bridgehead atoms. The molecule has 4 aromatic rings. The van der Waals surface area contributed by atoms with Crippen molar-refractivity contribution in [2.45, 2.75) is 37.8 Å². The number of para-hydroxylation sites is 1. The van der Waals surface area contributed by atoms with Crippen molar-refractivity contribution in [3.05, 3.63) is 99.9 Å². The Morgan fingerprint density at radius 1 is 1.02 bits per heavy atom. The molecule has 3 aromatic carbocycles. The molecule has 42 heavy (non-hydrogen) atoms. The van der Waals surface area contributed by atoms with Crippen LogP contribution in [0.4, 0.5) is 0 Å². The number of halogens is 1.